The maximum atomic E-state index is 12.7. The summed E-state index contributed by atoms with van der Waals surface area (Å²) in [4.78, 5) is 14.8. The van der Waals surface area contributed by atoms with Gasteiger partial charge in [0.15, 0.2) is 0 Å². The molecule has 2 heterocycles. The largest absolute Gasteiger partial charge is 0.341 e. The highest BCUT2D eigenvalue weighted by Crippen LogP contribution is 2.38. The van der Waals surface area contributed by atoms with Crippen molar-refractivity contribution in [3.05, 3.63) is 0 Å². The molecule has 0 aliphatic carbocycles. The number of carbonyl (C=O) groups is 1. The van der Waals surface area contributed by atoms with Gasteiger partial charge in [0.2, 0.25) is 5.91 Å². The number of likely N-dealkylation sites (tertiary alicyclic amines) is 1. The van der Waals surface area contributed by atoms with Gasteiger partial charge in [-0.3, -0.25) is 4.79 Å². The topological polar surface area (TPSA) is 32.3 Å². The molecule has 0 aromatic rings. The maximum Gasteiger partial charge on any atom is 0.239 e. The molecule has 2 unspecified atom stereocenters. The second-order valence-corrected chi connectivity index (χ2v) is 6.84. The predicted octanol–water partition coefficient (Wildman–Crippen LogP) is 3.19. The molecular weight excluding hydrogens is 248 g/mol. The van der Waals surface area contributed by atoms with E-state index in [0.717, 1.165) is 32.0 Å². The molecule has 2 aliphatic heterocycles. The normalized spacial score (nSPS) is 30.2. The number of nitrogens with zero attached hydrogens (tertiary/aromatic N) is 1. The van der Waals surface area contributed by atoms with Gasteiger partial charge in [-0.1, -0.05) is 40.0 Å². The van der Waals surface area contributed by atoms with E-state index >= 15 is 0 Å². The number of amides is 1. The molecule has 1 N–H and O–H groups in total. The molecule has 116 valence electrons. The molecule has 3 heteroatoms. The number of piperidine rings is 2. The van der Waals surface area contributed by atoms with Crippen molar-refractivity contribution in [1.82, 2.24) is 10.2 Å². The van der Waals surface area contributed by atoms with E-state index in [1.807, 2.05) is 0 Å². The van der Waals surface area contributed by atoms with Crippen LogP contribution in [0.2, 0.25) is 0 Å². The SMILES string of the molecule is CCC1CCNC(C(=O)N2CCC(CC)(CC)CC2)C1. The predicted molar refractivity (Wildman–Crippen MR) is 83.6 cm³/mol. The lowest BCUT2D eigenvalue weighted by atomic mass is 9.74. The Balaban J connectivity index is 1.88. The molecule has 20 heavy (non-hydrogen) atoms. The number of carbonyl (C=O) groups excluding carboxylic acids is 1. The summed E-state index contributed by atoms with van der Waals surface area (Å²) in [6, 6.07) is 0.0875. The molecule has 0 spiro atoms. The van der Waals surface area contributed by atoms with Crippen LogP contribution in [0, 0.1) is 11.3 Å². The molecule has 0 aromatic heterocycles. The molecule has 2 atom stereocenters. The van der Waals surface area contributed by atoms with E-state index in [-0.39, 0.29) is 6.04 Å². The van der Waals surface area contributed by atoms with Crippen molar-refractivity contribution in [1.29, 1.82) is 0 Å². The lowest BCUT2D eigenvalue weighted by Gasteiger charge is -2.42. The molecule has 0 saturated carbocycles. The fourth-order valence-electron chi connectivity index (χ4n) is 3.93. The van der Waals surface area contributed by atoms with Gasteiger partial charge in [-0.15, -0.1) is 0 Å². The molecule has 0 aromatic carbocycles. The van der Waals surface area contributed by atoms with Crippen molar-refractivity contribution < 1.29 is 4.79 Å². The highest BCUT2D eigenvalue weighted by Gasteiger charge is 2.36. The zero-order valence-electron chi connectivity index (χ0n) is 13.6. The quantitative estimate of drug-likeness (QED) is 0.857. The standard InChI is InChI=1S/C17H32N2O/c1-4-14-7-10-18-15(13-14)16(20)19-11-8-17(5-2,6-3)9-12-19/h14-15,18H,4-13H2,1-3H3. The summed E-state index contributed by atoms with van der Waals surface area (Å²) in [5, 5.41) is 3.44. The van der Waals surface area contributed by atoms with Crippen molar-refractivity contribution >= 4 is 5.91 Å². The van der Waals surface area contributed by atoms with Crippen LogP contribution in [0.5, 0.6) is 0 Å². The molecule has 1 amide bonds. The number of hydrogen-bond donors (Lipinski definition) is 1. The maximum absolute atomic E-state index is 12.7. The summed E-state index contributed by atoms with van der Waals surface area (Å²) in [6.07, 6.45) is 8.37. The third-order valence-electron chi connectivity index (χ3n) is 6.02. The van der Waals surface area contributed by atoms with Crippen LogP contribution in [0.15, 0.2) is 0 Å². The minimum absolute atomic E-state index is 0.0875. The summed E-state index contributed by atoms with van der Waals surface area (Å²) in [5.74, 6) is 1.10. The van der Waals surface area contributed by atoms with E-state index in [1.165, 1.54) is 38.5 Å². The number of rotatable bonds is 4. The Morgan fingerprint density at radius 1 is 1.20 bits per heavy atom. The Labute approximate surface area is 124 Å². The van der Waals surface area contributed by atoms with Crippen molar-refractivity contribution in [3.63, 3.8) is 0 Å². The van der Waals surface area contributed by atoms with Gasteiger partial charge >= 0.3 is 0 Å². The molecule has 2 aliphatic rings. The summed E-state index contributed by atoms with van der Waals surface area (Å²) in [5.41, 5.74) is 0.503. The Morgan fingerprint density at radius 2 is 1.85 bits per heavy atom. The molecule has 2 saturated heterocycles. The lowest BCUT2D eigenvalue weighted by molar-refractivity contribution is -0.137. The van der Waals surface area contributed by atoms with E-state index in [1.54, 1.807) is 0 Å². The smallest absolute Gasteiger partial charge is 0.239 e. The van der Waals surface area contributed by atoms with E-state index in [4.69, 9.17) is 0 Å². The summed E-state index contributed by atoms with van der Waals surface area (Å²) < 4.78 is 0. The van der Waals surface area contributed by atoms with Crippen molar-refractivity contribution in [3.8, 4) is 0 Å². The fraction of sp³-hybridized carbons (Fsp3) is 0.941. The fourth-order valence-corrected chi connectivity index (χ4v) is 3.93. The van der Waals surface area contributed by atoms with Crippen LogP contribution in [0.4, 0.5) is 0 Å². The van der Waals surface area contributed by atoms with Crippen LogP contribution in [0.1, 0.15) is 65.7 Å². The van der Waals surface area contributed by atoms with E-state index in [9.17, 15) is 4.79 Å². The zero-order valence-corrected chi connectivity index (χ0v) is 13.6. The summed E-state index contributed by atoms with van der Waals surface area (Å²) in [7, 11) is 0. The third kappa shape index (κ3) is 3.36. The van der Waals surface area contributed by atoms with E-state index < -0.39 is 0 Å². The van der Waals surface area contributed by atoms with E-state index in [0.29, 0.717) is 11.3 Å². The van der Waals surface area contributed by atoms with Crippen LogP contribution < -0.4 is 5.32 Å². The van der Waals surface area contributed by atoms with Gasteiger partial charge in [0.05, 0.1) is 6.04 Å². The number of nitrogens with one attached hydrogen (secondary N) is 1. The zero-order chi connectivity index (χ0) is 14.6. The Bertz CT molecular complexity index is 315. The third-order valence-corrected chi connectivity index (χ3v) is 6.02. The van der Waals surface area contributed by atoms with Gasteiger partial charge in [0.1, 0.15) is 0 Å². The monoisotopic (exact) mass is 280 g/mol. The second kappa shape index (κ2) is 6.93. The molecular formula is C17H32N2O. The van der Waals surface area contributed by atoms with E-state index in [2.05, 4.69) is 31.0 Å². The molecule has 3 nitrogen and oxygen atoms in total. The van der Waals surface area contributed by atoms with Gasteiger partial charge in [-0.05, 0) is 43.6 Å². The van der Waals surface area contributed by atoms with Crippen LogP contribution in [-0.2, 0) is 4.79 Å². The van der Waals surface area contributed by atoms with Crippen molar-refractivity contribution in [2.45, 2.75) is 71.8 Å². The highest BCUT2D eigenvalue weighted by molar-refractivity contribution is 5.82. The first-order valence-corrected chi connectivity index (χ1v) is 8.66. The first-order chi connectivity index (χ1) is 9.64. The van der Waals surface area contributed by atoms with Crippen molar-refractivity contribution in [2.24, 2.45) is 11.3 Å². The minimum Gasteiger partial charge on any atom is -0.341 e. The first kappa shape index (κ1) is 15.8. The average Bonchev–Trinajstić information content (AvgIpc) is 2.54. The Kier molecular flexibility index (Phi) is 5.48. The minimum atomic E-state index is 0.0875. The lowest BCUT2D eigenvalue weighted by Crippen LogP contribution is -2.53. The summed E-state index contributed by atoms with van der Waals surface area (Å²) >= 11 is 0. The summed E-state index contributed by atoms with van der Waals surface area (Å²) in [6.45, 7) is 9.79. The molecule has 0 bridgehead atoms. The van der Waals surface area contributed by atoms with Crippen LogP contribution in [0.3, 0.4) is 0 Å². The van der Waals surface area contributed by atoms with Gasteiger partial charge < -0.3 is 10.2 Å². The average molecular weight is 280 g/mol. The van der Waals surface area contributed by atoms with Gasteiger partial charge in [-0.25, -0.2) is 0 Å². The van der Waals surface area contributed by atoms with Crippen LogP contribution in [0.25, 0.3) is 0 Å². The first-order valence-electron chi connectivity index (χ1n) is 8.66. The Morgan fingerprint density at radius 3 is 2.40 bits per heavy atom. The molecule has 0 radical (unpaired) electrons. The van der Waals surface area contributed by atoms with Gasteiger partial charge in [0.25, 0.3) is 0 Å². The second-order valence-electron chi connectivity index (χ2n) is 6.84. The number of hydrogen-bond acceptors (Lipinski definition) is 2. The van der Waals surface area contributed by atoms with Gasteiger partial charge in [0, 0.05) is 13.1 Å². The Hall–Kier alpha value is -0.570. The highest BCUT2D eigenvalue weighted by atomic mass is 16.2. The van der Waals surface area contributed by atoms with Crippen LogP contribution >= 0.6 is 0 Å². The van der Waals surface area contributed by atoms with Crippen molar-refractivity contribution in [2.75, 3.05) is 19.6 Å². The van der Waals surface area contributed by atoms with Crippen LogP contribution in [-0.4, -0.2) is 36.5 Å². The van der Waals surface area contributed by atoms with Gasteiger partial charge in [-0.2, -0.15) is 0 Å². The molecule has 2 rings (SSSR count). The molecule has 2 fully saturated rings.